The van der Waals surface area contributed by atoms with Gasteiger partial charge in [0.15, 0.2) is 0 Å². The minimum Gasteiger partial charge on any atom is -0.319 e. The number of carbonyl (C=O) groups excluding carboxylic acids is 3. The first kappa shape index (κ1) is 16.7. The molecular formula is C19H19N3O3. The van der Waals surface area contributed by atoms with Crippen LogP contribution in [0.5, 0.6) is 0 Å². The van der Waals surface area contributed by atoms with Crippen LogP contribution in [0.15, 0.2) is 60.7 Å². The van der Waals surface area contributed by atoms with Crippen LogP contribution in [0.25, 0.3) is 0 Å². The van der Waals surface area contributed by atoms with Crippen LogP contribution in [0.4, 0.5) is 10.5 Å². The summed E-state index contributed by atoms with van der Waals surface area (Å²) < 4.78 is 0. The van der Waals surface area contributed by atoms with Crippen molar-refractivity contribution in [3.05, 3.63) is 66.2 Å². The lowest BCUT2D eigenvalue weighted by Gasteiger charge is -2.23. The number of benzene rings is 2. The molecule has 0 radical (unpaired) electrons. The average molecular weight is 337 g/mol. The largest absolute Gasteiger partial charge is 0.325 e. The fourth-order valence-electron chi connectivity index (χ4n) is 2.84. The van der Waals surface area contributed by atoms with Gasteiger partial charge in [-0.15, -0.1) is 0 Å². The van der Waals surface area contributed by atoms with E-state index in [0.717, 1.165) is 4.90 Å². The highest BCUT2D eigenvalue weighted by Crippen LogP contribution is 2.28. The fraction of sp³-hybridized carbons (Fsp3) is 0.211. The van der Waals surface area contributed by atoms with Crippen LogP contribution in [0.3, 0.4) is 0 Å². The highest BCUT2D eigenvalue weighted by molar-refractivity contribution is 6.10. The van der Waals surface area contributed by atoms with Crippen LogP contribution in [0.1, 0.15) is 12.5 Å². The van der Waals surface area contributed by atoms with Crippen molar-refractivity contribution in [1.82, 2.24) is 10.2 Å². The number of carbonyl (C=O) groups is 3. The average Bonchev–Trinajstić information content (AvgIpc) is 2.86. The molecule has 1 heterocycles. The van der Waals surface area contributed by atoms with E-state index in [1.807, 2.05) is 24.3 Å². The number of likely N-dealkylation sites (N-methyl/N-ethyl adjacent to an activating group) is 1. The quantitative estimate of drug-likeness (QED) is 0.869. The van der Waals surface area contributed by atoms with Crippen molar-refractivity contribution in [2.45, 2.75) is 12.5 Å². The standard InChI is InChI=1S/C19H19N3O3/c1-19(14-9-5-3-6-10-14)17(24)22(18(25)20-19)13-16(23)21(2)15-11-7-4-8-12-15/h3-12H,13H2,1-2H3,(H,20,25)/t19-/m1/s1. The van der Waals surface area contributed by atoms with Gasteiger partial charge in [-0.1, -0.05) is 48.5 Å². The zero-order chi connectivity index (χ0) is 18.0. The minimum absolute atomic E-state index is 0.307. The number of anilines is 1. The molecule has 0 saturated carbocycles. The van der Waals surface area contributed by atoms with Crippen LogP contribution in [0.2, 0.25) is 0 Å². The third-order valence-corrected chi connectivity index (χ3v) is 4.44. The van der Waals surface area contributed by atoms with E-state index in [1.165, 1.54) is 4.90 Å². The molecule has 0 aromatic heterocycles. The third-order valence-electron chi connectivity index (χ3n) is 4.44. The molecule has 1 saturated heterocycles. The molecule has 0 bridgehead atoms. The number of nitrogens with one attached hydrogen (secondary N) is 1. The number of hydrogen-bond donors (Lipinski definition) is 1. The molecule has 6 nitrogen and oxygen atoms in total. The maximum Gasteiger partial charge on any atom is 0.325 e. The molecule has 3 rings (SSSR count). The summed E-state index contributed by atoms with van der Waals surface area (Å²) in [6.07, 6.45) is 0. The second kappa shape index (κ2) is 6.39. The first-order valence-electron chi connectivity index (χ1n) is 7.95. The molecule has 6 heteroatoms. The molecule has 0 unspecified atom stereocenters. The van der Waals surface area contributed by atoms with E-state index < -0.39 is 17.5 Å². The van der Waals surface area contributed by atoms with E-state index in [2.05, 4.69) is 5.32 Å². The Kier molecular flexibility index (Phi) is 4.27. The molecule has 1 fully saturated rings. The Morgan fingerprint density at radius 3 is 2.20 bits per heavy atom. The van der Waals surface area contributed by atoms with Gasteiger partial charge in [-0.2, -0.15) is 0 Å². The Hall–Kier alpha value is -3.15. The van der Waals surface area contributed by atoms with Crippen LogP contribution in [-0.4, -0.2) is 36.3 Å². The van der Waals surface area contributed by atoms with Crippen molar-refractivity contribution in [2.24, 2.45) is 0 Å². The smallest absolute Gasteiger partial charge is 0.319 e. The van der Waals surface area contributed by atoms with Gasteiger partial charge in [0, 0.05) is 12.7 Å². The molecule has 25 heavy (non-hydrogen) atoms. The number of amides is 4. The lowest BCUT2D eigenvalue weighted by molar-refractivity contribution is -0.134. The Morgan fingerprint density at radius 1 is 1.04 bits per heavy atom. The summed E-state index contributed by atoms with van der Waals surface area (Å²) in [5.74, 6) is -0.773. The Balaban J connectivity index is 1.78. The number of para-hydroxylation sites is 1. The first-order valence-corrected chi connectivity index (χ1v) is 7.95. The summed E-state index contributed by atoms with van der Waals surface area (Å²) in [7, 11) is 1.62. The van der Waals surface area contributed by atoms with Crippen LogP contribution in [0, 0.1) is 0 Å². The maximum atomic E-state index is 12.8. The number of hydrogen-bond acceptors (Lipinski definition) is 3. The minimum atomic E-state index is -1.16. The van der Waals surface area contributed by atoms with Gasteiger partial charge in [0.2, 0.25) is 5.91 Å². The van der Waals surface area contributed by atoms with Gasteiger partial charge in [0.05, 0.1) is 0 Å². The molecule has 4 amide bonds. The molecule has 2 aromatic rings. The van der Waals surface area contributed by atoms with E-state index in [1.54, 1.807) is 50.4 Å². The summed E-state index contributed by atoms with van der Waals surface area (Å²) in [6, 6.07) is 17.5. The highest BCUT2D eigenvalue weighted by atomic mass is 16.2. The van der Waals surface area contributed by atoms with E-state index in [-0.39, 0.29) is 12.5 Å². The topological polar surface area (TPSA) is 69.7 Å². The molecule has 0 spiro atoms. The van der Waals surface area contributed by atoms with Gasteiger partial charge in [-0.05, 0) is 24.6 Å². The van der Waals surface area contributed by atoms with Gasteiger partial charge in [-0.3, -0.25) is 14.5 Å². The lowest BCUT2D eigenvalue weighted by Crippen LogP contribution is -2.43. The summed E-state index contributed by atoms with van der Waals surface area (Å²) in [5.41, 5.74) is 0.217. The maximum absolute atomic E-state index is 12.8. The van der Waals surface area contributed by atoms with E-state index in [9.17, 15) is 14.4 Å². The number of nitrogens with zero attached hydrogens (tertiary/aromatic N) is 2. The van der Waals surface area contributed by atoms with Crippen molar-refractivity contribution < 1.29 is 14.4 Å². The van der Waals surface area contributed by atoms with Gasteiger partial charge >= 0.3 is 6.03 Å². The molecule has 0 aliphatic carbocycles. The second-order valence-electron chi connectivity index (χ2n) is 6.10. The Labute approximate surface area is 146 Å². The number of rotatable bonds is 4. The van der Waals surface area contributed by atoms with Crippen molar-refractivity contribution in [3.63, 3.8) is 0 Å². The first-order chi connectivity index (χ1) is 11.9. The molecule has 1 atom stereocenters. The van der Waals surface area contributed by atoms with E-state index in [4.69, 9.17) is 0 Å². The third kappa shape index (κ3) is 2.98. The normalized spacial score (nSPS) is 19.7. The van der Waals surface area contributed by atoms with Gasteiger partial charge in [-0.25, -0.2) is 4.79 Å². The van der Waals surface area contributed by atoms with Crippen molar-refractivity contribution in [2.75, 3.05) is 18.5 Å². The number of urea groups is 1. The highest BCUT2D eigenvalue weighted by Gasteiger charge is 2.49. The fourth-order valence-corrected chi connectivity index (χ4v) is 2.84. The zero-order valence-corrected chi connectivity index (χ0v) is 14.1. The van der Waals surface area contributed by atoms with Crippen LogP contribution >= 0.6 is 0 Å². The summed E-state index contributed by atoms with van der Waals surface area (Å²) in [4.78, 5) is 40.0. The molecule has 1 aliphatic heterocycles. The molecule has 1 N–H and O–H groups in total. The van der Waals surface area contributed by atoms with Crippen molar-refractivity contribution in [3.8, 4) is 0 Å². The van der Waals surface area contributed by atoms with Crippen molar-refractivity contribution >= 4 is 23.5 Å². The monoisotopic (exact) mass is 337 g/mol. The second-order valence-corrected chi connectivity index (χ2v) is 6.10. The molecule has 2 aromatic carbocycles. The summed E-state index contributed by atoms with van der Waals surface area (Å²) in [5, 5.41) is 2.70. The lowest BCUT2D eigenvalue weighted by atomic mass is 9.92. The molecule has 1 aliphatic rings. The number of imide groups is 1. The molecule has 128 valence electrons. The van der Waals surface area contributed by atoms with Crippen LogP contribution in [-0.2, 0) is 15.1 Å². The Morgan fingerprint density at radius 2 is 1.60 bits per heavy atom. The van der Waals surface area contributed by atoms with Gasteiger partial charge < -0.3 is 10.2 Å². The summed E-state index contributed by atoms with van der Waals surface area (Å²) >= 11 is 0. The summed E-state index contributed by atoms with van der Waals surface area (Å²) in [6.45, 7) is 1.34. The van der Waals surface area contributed by atoms with E-state index >= 15 is 0 Å². The van der Waals surface area contributed by atoms with Gasteiger partial charge in [0.1, 0.15) is 12.1 Å². The van der Waals surface area contributed by atoms with Crippen molar-refractivity contribution in [1.29, 1.82) is 0 Å². The Bertz CT molecular complexity index is 807. The predicted molar refractivity (Wildman–Crippen MR) is 93.9 cm³/mol. The zero-order valence-electron chi connectivity index (χ0n) is 14.1. The predicted octanol–water partition coefficient (Wildman–Crippen LogP) is 2.12. The van der Waals surface area contributed by atoms with Crippen LogP contribution < -0.4 is 10.2 Å². The SMILES string of the molecule is CN(C(=O)CN1C(=O)N[C@](C)(c2ccccc2)C1=O)c1ccccc1. The van der Waals surface area contributed by atoms with E-state index in [0.29, 0.717) is 11.3 Å². The van der Waals surface area contributed by atoms with Gasteiger partial charge in [0.25, 0.3) is 5.91 Å². The molecular weight excluding hydrogens is 318 g/mol.